The number of halogens is 2. The number of aromatic nitrogens is 4. The van der Waals surface area contributed by atoms with Crippen LogP contribution in [0.1, 0.15) is 11.1 Å². The van der Waals surface area contributed by atoms with Gasteiger partial charge in [0.25, 0.3) is 0 Å². The second-order valence-corrected chi connectivity index (χ2v) is 9.88. The molecule has 6 aromatic rings. The van der Waals surface area contributed by atoms with E-state index in [9.17, 15) is 0 Å². The zero-order valence-electron chi connectivity index (χ0n) is 18.6. The van der Waals surface area contributed by atoms with Gasteiger partial charge in [-0.25, -0.2) is 0 Å². The fourth-order valence-electron chi connectivity index (χ4n) is 4.04. The zero-order chi connectivity index (χ0) is 24.5. The Bertz CT molecular complexity index is 1650. The number of benzene rings is 3. The first-order valence-electron chi connectivity index (χ1n) is 11.0. The van der Waals surface area contributed by atoms with Crippen molar-refractivity contribution in [3.63, 3.8) is 0 Å². The molecule has 10 heteroatoms. The van der Waals surface area contributed by atoms with Gasteiger partial charge in [0, 0.05) is 65.0 Å². The maximum Gasteiger partial charge on any atom is 0.176 e. The third-order valence-electron chi connectivity index (χ3n) is 5.79. The van der Waals surface area contributed by atoms with Crippen molar-refractivity contribution in [1.29, 1.82) is 0 Å². The van der Waals surface area contributed by atoms with Gasteiger partial charge in [0.05, 0.1) is 12.4 Å². The van der Waals surface area contributed by atoms with Crippen LogP contribution in [0.2, 0.25) is 0 Å². The van der Waals surface area contributed by atoms with E-state index >= 15 is 0 Å². The first-order valence-corrected chi connectivity index (χ1v) is 12.6. The van der Waals surface area contributed by atoms with Gasteiger partial charge in [-0.2, -0.15) is 10.2 Å². The predicted molar refractivity (Wildman–Crippen MR) is 154 cm³/mol. The summed E-state index contributed by atoms with van der Waals surface area (Å²) in [6.45, 7) is 0. The molecule has 0 saturated heterocycles. The number of aromatic amines is 2. The standard InChI is InChI=1S/C26H18Br2N8/c27-17-5-7-23-21(9-17)15(11-29-23)13-31-33-25-19-3-1-2-4-20(19)26(36-35-25)34-32-14-16-12-30-24-8-6-18(28)10-22(16)24/h1-14,29-30H,(H,33,35)(H,34,36)/b31-13-,32-14-. The van der Waals surface area contributed by atoms with Crippen LogP contribution in [0, 0.1) is 0 Å². The van der Waals surface area contributed by atoms with Crippen LogP contribution in [0.3, 0.4) is 0 Å². The molecule has 36 heavy (non-hydrogen) atoms. The number of fused-ring (bicyclic) bond motifs is 3. The van der Waals surface area contributed by atoms with E-state index in [1.165, 1.54) is 0 Å². The van der Waals surface area contributed by atoms with Crippen LogP contribution < -0.4 is 10.9 Å². The molecular weight excluding hydrogens is 584 g/mol. The maximum atomic E-state index is 4.41. The summed E-state index contributed by atoms with van der Waals surface area (Å²) in [7, 11) is 0. The van der Waals surface area contributed by atoms with Gasteiger partial charge < -0.3 is 9.97 Å². The maximum absolute atomic E-state index is 4.41. The van der Waals surface area contributed by atoms with Gasteiger partial charge in [-0.1, -0.05) is 56.1 Å². The molecule has 0 aliphatic heterocycles. The van der Waals surface area contributed by atoms with Crippen molar-refractivity contribution in [2.45, 2.75) is 0 Å². The number of nitrogens with zero attached hydrogens (tertiary/aromatic N) is 4. The van der Waals surface area contributed by atoms with Gasteiger partial charge in [-0.05, 0) is 36.4 Å². The Kier molecular flexibility index (Phi) is 5.96. The molecule has 0 fully saturated rings. The molecule has 176 valence electrons. The van der Waals surface area contributed by atoms with E-state index in [1.54, 1.807) is 12.4 Å². The van der Waals surface area contributed by atoms with E-state index in [0.29, 0.717) is 11.6 Å². The van der Waals surface area contributed by atoms with Crippen molar-refractivity contribution in [2.75, 3.05) is 10.9 Å². The number of rotatable bonds is 6. The summed E-state index contributed by atoms with van der Waals surface area (Å²) >= 11 is 7.04. The molecule has 0 saturated carbocycles. The predicted octanol–water partition coefficient (Wildman–Crippen LogP) is 7.01. The second kappa shape index (κ2) is 9.56. The Hall–Kier alpha value is -4.02. The highest BCUT2D eigenvalue weighted by Gasteiger charge is 2.09. The summed E-state index contributed by atoms with van der Waals surface area (Å²) in [5, 5.41) is 21.4. The molecule has 3 aromatic heterocycles. The van der Waals surface area contributed by atoms with Crippen molar-refractivity contribution in [3.05, 3.63) is 93.1 Å². The smallest absolute Gasteiger partial charge is 0.176 e. The van der Waals surface area contributed by atoms with Crippen LogP contribution >= 0.6 is 31.9 Å². The van der Waals surface area contributed by atoms with Crippen molar-refractivity contribution < 1.29 is 0 Å². The van der Waals surface area contributed by atoms with Crippen LogP contribution in [-0.4, -0.2) is 32.6 Å². The Labute approximate surface area is 222 Å². The molecule has 0 aliphatic rings. The molecule has 0 bridgehead atoms. The van der Waals surface area contributed by atoms with E-state index < -0.39 is 0 Å². The molecule has 6 rings (SSSR count). The number of hydrogen-bond donors (Lipinski definition) is 4. The molecule has 3 aromatic carbocycles. The first-order chi connectivity index (χ1) is 17.7. The molecular formula is C26H18Br2N8. The van der Waals surface area contributed by atoms with E-state index in [2.05, 4.69) is 85.2 Å². The summed E-state index contributed by atoms with van der Waals surface area (Å²) in [5.74, 6) is 1.11. The average molecular weight is 602 g/mol. The topological polar surface area (TPSA) is 106 Å². The minimum atomic E-state index is 0.555. The fraction of sp³-hybridized carbons (Fsp3) is 0. The lowest BCUT2D eigenvalue weighted by Crippen LogP contribution is -2.01. The fourth-order valence-corrected chi connectivity index (χ4v) is 4.76. The third-order valence-corrected chi connectivity index (χ3v) is 6.77. The minimum Gasteiger partial charge on any atom is -0.361 e. The summed E-state index contributed by atoms with van der Waals surface area (Å²) in [6, 6.07) is 20.0. The number of H-pyrrole nitrogens is 2. The van der Waals surface area contributed by atoms with E-state index in [0.717, 1.165) is 52.7 Å². The summed E-state index contributed by atoms with van der Waals surface area (Å²) in [4.78, 5) is 6.50. The monoisotopic (exact) mass is 600 g/mol. The van der Waals surface area contributed by atoms with E-state index in [-0.39, 0.29) is 0 Å². The summed E-state index contributed by atoms with van der Waals surface area (Å²) < 4.78 is 2.02. The third kappa shape index (κ3) is 4.36. The molecule has 4 N–H and O–H groups in total. The lowest BCUT2D eigenvalue weighted by molar-refractivity contribution is 1.03. The highest BCUT2D eigenvalue weighted by atomic mass is 79.9. The molecule has 0 atom stereocenters. The van der Waals surface area contributed by atoms with Crippen molar-refractivity contribution in [1.82, 2.24) is 20.2 Å². The van der Waals surface area contributed by atoms with Crippen LogP contribution in [-0.2, 0) is 0 Å². The van der Waals surface area contributed by atoms with Gasteiger partial charge in [0.1, 0.15) is 0 Å². The van der Waals surface area contributed by atoms with Crippen molar-refractivity contribution in [3.8, 4) is 0 Å². The Balaban J connectivity index is 1.24. The highest BCUT2D eigenvalue weighted by molar-refractivity contribution is 9.10. The molecule has 0 spiro atoms. The Morgan fingerprint density at radius 3 is 1.58 bits per heavy atom. The number of nitrogens with one attached hydrogen (secondary N) is 4. The molecule has 0 radical (unpaired) electrons. The summed E-state index contributed by atoms with van der Waals surface area (Å²) in [6.07, 6.45) is 7.36. The van der Waals surface area contributed by atoms with Gasteiger partial charge >= 0.3 is 0 Å². The van der Waals surface area contributed by atoms with Crippen LogP contribution in [0.5, 0.6) is 0 Å². The van der Waals surface area contributed by atoms with Crippen molar-refractivity contribution >= 4 is 88.5 Å². The number of anilines is 2. The molecule has 8 nitrogen and oxygen atoms in total. The molecule has 0 aliphatic carbocycles. The van der Waals surface area contributed by atoms with Gasteiger partial charge in [-0.15, -0.1) is 10.2 Å². The SMILES string of the molecule is Brc1ccc2[nH]cc(/C=N\Nc3nnc(N/N=C\c4c[nH]c5ccc(Br)cc45)c4ccccc34)c2c1. The molecule has 0 amide bonds. The average Bonchev–Trinajstić information content (AvgIpc) is 3.48. The lowest BCUT2D eigenvalue weighted by Gasteiger charge is -2.07. The summed E-state index contributed by atoms with van der Waals surface area (Å²) in [5.41, 5.74) is 10.1. The second-order valence-electron chi connectivity index (χ2n) is 8.05. The normalized spacial score (nSPS) is 11.9. The van der Waals surface area contributed by atoms with Crippen LogP contribution in [0.25, 0.3) is 32.6 Å². The van der Waals surface area contributed by atoms with E-state index in [1.807, 2.05) is 60.9 Å². The largest absolute Gasteiger partial charge is 0.361 e. The van der Waals surface area contributed by atoms with Gasteiger partial charge in [-0.3, -0.25) is 10.9 Å². The first kappa shape index (κ1) is 22.4. The molecule has 0 unspecified atom stereocenters. The van der Waals surface area contributed by atoms with Crippen molar-refractivity contribution in [2.24, 2.45) is 10.2 Å². The van der Waals surface area contributed by atoms with Crippen LogP contribution in [0.4, 0.5) is 11.6 Å². The quantitative estimate of drug-likeness (QED) is 0.122. The molecule has 3 heterocycles. The van der Waals surface area contributed by atoms with E-state index in [4.69, 9.17) is 0 Å². The Morgan fingerprint density at radius 1 is 0.639 bits per heavy atom. The number of hydrogen-bond acceptors (Lipinski definition) is 6. The Morgan fingerprint density at radius 2 is 1.11 bits per heavy atom. The van der Waals surface area contributed by atoms with Gasteiger partial charge in [0.15, 0.2) is 11.6 Å². The zero-order valence-corrected chi connectivity index (χ0v) is 21.8. The van der Waals surface area contributed by atoms with Gasteiger partial charge in [0.2, 0.25) is 0 Å². The number of hydrazone groups is 2. The van der Waals surface area contributed by atoms with Crippen LogP contribution in [0.15, 0.2) is 92.2 Å². The lowest BCUT2D eigenvalue weighted by atomic mass is 10.2. The minimum absolute atomic E-state index is 0.555. The highest BCUT2D eigenvalue weighted by Crippen LogP contribution is 2.27.